The zero-order valence-corrected chi connectivity index (χ0v) is 14.1. The molecule has 1 N–H and O–H groups in total. The van der Waals surface area contributed by atoms with Gasteiger partial charge in [0.25, 0.3) is 5.91 Å². The zero-order chi connectivity index (χ0) is 18.0. The van der Waals surface area contributed by atoms with Crippen LogP contribution in [0.2, 0.25) is 0 Å². The monoisotopic (exact) mass is 334 g/mol. The molecule has 0 saturated carbocycles. The Bertz CT molecular complexity index is 872. The zero-order valence-electron chi connectivity index (χ0n) is 14.1. The molecule has 0 bridgehead atoms. The summed E-state index contributed by atoms with van der Waals surface area (Å²) in [5.41, 5.74) is 2.56. The number of carbonyl (C=O) groups excluding carboxylic acids is 2. The van der Waals surface area contributed by atoms with Gasteiger partial charge in [0.15, 0.2) is 0 Å². The summed E-state index contributed by atoms with van der Waals surface area (Å²) in [5.74, 6) is -0.268. The lowest BCUT2D eigenvalue weighted by Crippen LogP contribution is -2.50. The van der Waals surface area contributed by atoms with Crippen LogP contribution in [0, 0.1) is 11.3 Å². The topological polar surface area (TPSA) is 76.4 Å². The van der Waals surface area contributed by atoms with Crippen molar-refractivity contribution >= 4 is 17.5 Å². The normalized spacial score (nSPS) is 16.2. The van der Waals surface area contributed by atoms with E-state index in [9.17, 15) is 14.9 Å². The molecule has 3 rings (SSSR count). The third kappa shape index (κ3) is 2.92. The van der Waals surface area contributed by atoms with Crippen LogP contribution in [0.5, 0.6) is 0 Å². The van der Waals surface area contributed by atoms with E-state index in [0.717, 1.165) is 5.56 Å². The molecule has 0 fully saturated rings. The second kappa shape index (κ2) is 6.65. The molecule has 1 aliphatic rings. The van der Waals surface area contributed by atoms with Crippen molar-refractivity contribution in [1.29, 1.82) is 5.26 Å². The van der Waals surface area contributed by atoms with Crippen LogP contribution < -0.4 is 10.2 Å². The molecule has 2 aromatic carbocycles. The summed E-state index contributed by atoms with van der Waals surface area (Å²) >= 11 is 0. The molecule has 0 saturated heterocycles. The molecule has 0 spiro atoms. The van der Waals surface area contributed by atoms with Crippen molar-refractivity contribution in [2.45, 2.75) is 6.17 Å². The van der Waals surface area contributed by atoms with Gasteiger partial charge in [-0.1, -0.05) is 24.3 Å². The standard InChI is InChI=1S/C19H18N4O2/c1-21-17(24)12-23-16-9-4-3-8-15(16)19(25)22(2)18(23)14-7-5-6-13(10-14)11-20/h3-10,18H,12H2,1-2H3,(H,21,24)/t18-/m0/s1. The fraction of sp³-hybridized carbons (Fsp3) is 0.211. The van der Waals surface area contributed by atoms with Gasteiger partial charge in [0.05, 0.1) is 29.4 Å². The van der Waals surface area contributed by atoms with Gasteiger partial charge in [0.2, 0.25) is 5.91 Å². The maximum absolute atomic E-state index is 12.8. The lowest BCUT2D eigenvalue weighted by Gasteiger charge is -2.44. The third-order valence-corrected chi connectivity index (χ3v) is 4.33. The van der Waals surface area contributed by atoms with Gasteiger partial charge in [0.1, 0.15) is 6.17 Å². The van der Waals surface area contributed by atoms with Crippen LogP contribution in [0.1, 0.15) is 27.7 Å². The number of carbonyl (C=O) groups is 2. The Labute approximate surface area is 146 Å². The Morgan fingerprint density at radius 3 is 2.72 bits per heavy atom. The molecule has 1 heterocycles. The van der Waals surface area contributed by atoms with E-state index in [1.54, 1.807) is 49.3 Å². The summed E-state index contributed by atoms with van der Waals surface area (Å²) in [6, 6.07) is 16.5. The summed E-state index contributed by atoms with van der Waals surface area (Å²) in [6.07, 6.45) is -0.465. The molecule has 2 amide bonds. The first kappa shape index (κ1) is 16.5. The van der Waals surface area contributed by atoms with Crippen LogP contribution in [0.25, 0.3) is 0 Å². The molecule has 1 aliphatic heterocycles. The van der Waals surface area contributed by atoms with Gasteiger partial charge < -0.3 is 15.1 Å². The number of nitriles is 1. The van der Waals surface area contributed by atoms with Gasteiger partial charge in [-0.25, -0.2) is 0 Å². The van der Waals surface area contributed by atoms with E-state index in [2.05, 4.69) is 11.4 Å². The molecule has 2 aromatic rings. The predicted molar refractivity (Wildman–Crippen MR) is 93.8 cm³/mol. The van der Waals surface area contributed by atoms with E-state index < -0.39 is 6.17 Å². The number of para-hydroxylation sites is 1. The number of amides is 2. The number of likely N-dealkylation sites (N-methyl/N-ethyl adjacent to an activating group) is 1. The Morgan fingerprint density at radius 2 is 2.00 bits per heavy atom. The molecule has 0 aromatic heterocycles. The lowest BCUT2D eigenvalue weighted by molar-refractivity contribution is -0.119. The minimum atomic E-state index is -0.465. The number of nitrogens with one attached hydrogen (secondary N) is 1. The Balaban J connectivity index is 2.15. The van der Waals surface area contributed by atoms with Crippen molar-refractivity contribution < 1.29 is 9.59 Å². The van der Waals surface area contributed by atoms with Gasteiger partial charge in [-0.05, 0) is 29.8 Å². The maximum atomic E-state index is 12.8. The smallest absolute Gasteiger partial charge is 0.257 e. The highest BCUT2D eigenvalue weighted by Crippen LogP contribution is 2.37. The van der Waals surface area contributed by atoms with Gasteiger partial charge in [0, 0.05) is 14.1 Å². The van der Waals surface area contributed by atoms with Crippen LogP contribution in [0.15, 0.2) is 48.5 Å². The van der Waals surface area contributed by atoms with E-state index in [4.69, 9.17) is 0 Å². The second-order valence-corrected chi connectivity index (χ2v) is 5.85. The highest BCUT2D eigenvalue weighted by molar-refractivity contribution is 6.02. The van der Waals surface area contributed by atoms with E-state index in [0.29, 0.717) is 16.8 Å². The molecule has 0 radical (unpaired) electrons. The average molecular weight is 334 g/mol. The first-order chi connectivity index (χ1) is 12.1. The van der Waals surface area contributed by atoms with Crippen molar-refractivity contribution in [1.82, 2.24) is 10.2 Å². The summed E-state index contributed by atoms with van der Waals surface area (Å²) in [6.45, 7) is 0.104. The first-order valence-electron chi connectivity index (χ1n) is 7.90. The molecule has 1 atom stereocenters. The Kier molecular flexibility index (Phi) is 4.40. The summed E-state index contributed by atoms with van der Waals surface area (Å²) < 4.78 is 0. The van der Waals surface area contributed by atoms with Crippen molar-refractivity contribution in [3.63, 3.8) is 0 Å². The number of nitrogens with zero attached hydrogens (tertiary/aromatic N) is 3. The number of fused-ring (bicyclic) bond motifs is 1. The van der Waals surface area contributed by atoms with Crippen molar-refractivity contribution in [2.24, 2.45) is 0 Å². The number of rotatable bonds is 3. The number of benzene rings is 2. The van der Waals surface area contributed by atoms with Crippen molar-refractivity contribution in [2.75, 3.05) is 25.5 Å². The number of hydrogen-bond donors (Lipinski definition) is 1. The highest BCUT2D eigenvalue weighted by Gasteiger charge is 2.37. The minimum absolute atomic E-state index is 0.104. The predicted octanol–water partition coefficient (Wildman–Crippen LogP) is 1.90. The Hall–Kier alpha value is -3.33. The van der Waals surface area contributed by atoms with Crippen LogP contribution >= 0.6 is 0 Å². The van der Waals surface area contributed by atoms with Crippen molar-refractivity contribution in [3.8, 4) is 6.07 Å². The van der Waals surface area contributed by atoms with E-state index in [1.807, 2.05) is 23.1 Å². The largest absolute Gasteiger partial charge is 0.358 e. The SMILES string of the molecule is CNC(=O)CN1c2ccccc2C(=O)N(C)[C@@H]1c1cccc(C#N)c1. The molecule has 0 unspecified atom stereocenters. The van der Waals surface area contributed by atoms with E-state index in [1.165, 1.54) is 0 Å². The van der Waals surface area contributed by atoms with E-state index in [-0.39, 0.29) is 18.4 Å². The van der Waals surface area contributed by atoms with Gasteiger partial charge in [-0.2, -0.15) is 5.26 Å². The molecule has 25 heavy (non-hydrogen) atoms. The van der Waals surface area contributed by atoms with Gasteiger partial charge in [-0.3, -0.25) is 9.59 Å². The molecular formula is C19H18N4O2. The van der Waals surface area contributed by atoms with Crippen molar-refractivity contribution in [3.05, 3.63) is 65.2 Å². The van der Waals surface area contributed by atoms with Gasteiger partial charge in [-0.15, -0.1) is 0 Å². The molecule has 6 nitrogen and oxygen atoms in total. The Morgan fingerprint density at radius 1 is 1.24 bits per heavy atom. The summed E-state index contributed by atoms with van der Waals surface area (Å²) in [4.78, 5) is 28.3. The lowest BCUT2D eigenvalue weighted by atomic mass is 10.0. The number of anilines is 1. The second-order valence-electron chi connectivity index (χ2n) is 5.85. The third-order valence-electron chi connectivity index (χ3n) is 4.33. The molecular weight excluding hydrogens is 316 g/mol. The maximum Gasteiger partial charge on any atom is 0.257 e. The summed E-state index contributed by atoms with van der Waals surface area (Å²) in [7, 11) is 3.29. The van der Waals surface area contributed by atoms with Crippen LogP contribution in [-0.2, 0) is 4.79 Å². The van der Waals surface area contributed by atoms with E-state index >= 15 is 0 Å². The molecule has 6 heteroatoms. The first-order valence-corrected chi connectivity index (χ1v) is 7.90. The fourth-order valence-corrected chi connectivity index (χ4v) is 3.12. The molecule has 126 valence electrons. The van der Waals surface area contributed by atoms with Crippen LogP contribution in [0.3, 0.4) is 0 Å². The van der Waals surface area contributed by atoms with Crippen LogP contribution in [0.4, 0.5) is 5.69 Å². The highest BCUT2D eigenvalue weighted by atomic mass is 16.2. The quantitative estimate of drug-likeness (QED) is 0.930. The molecule has 0 aliphatic carbocycles. The summed E-state index contributed by atoms with van der Waals surface area (Å²) in [5, 5.41) is 11.8. The van der Waals surface area contributed by atoms with Crippen LogP contribution in [-0.4, -0.2) is 37.4 Å². The number of hydrogen-bond acceptors (Lipinski definition) is 4. The van der Waals surface area contributed by atoms with Gasteiger partial charge >= 0.3 is 0 Å². The minimum Gasteiger partial charge on any atom is -0.358 e. The average Bonchev–Trinajstić information content (AvgIpc) is 2.66. The fourth-order valence-electron chi connectivity index (χ4n) is 3.12.